The zero-order chi connectivity index (χ0) is 16.2. The third-order valence-electron chi connectivity index (χ3n) is 3.53. The Morgan fingerprint density at radius 2 is 2.30 bits per heavy atom. The first kappa shape index (κ1) is 16.1. The fraction of sp³-hybridized carbons (Fsp3) is 0.500. The molecule has 0 aliphatic carbocycles. The zero-order valence-corrected chi connectivity index (χ0v) is 13.4. The number of likely N-dealkylation sites (N-methyl/N-ethyl adjacent to an activating group) is 1. The van der Waals surface area contributed by atoms with Gasteiger partial charge in [-0.2, -0.15) is 0 Å². The van der Waals surface area contributed by atoms with E-state index in [1.165, 1.54) is 6.07 Å². The molecule has 2 heterocycles. The van der Waals surface area contributed by atoms with Crippen molar-refractivity contribution in [3.63, 3.8) is 0 Å². The largest absolute Gasteiger partial charge is 0.376 e. The summed E-state index contributed by atoms with van der Waals surface area (Å²) in [5, 5.41) is 11.8. The maximum Gasteiger partial charge on any atom is 0.245 e. The molecule has 0 N–H and O–H groups in total. The van der Waals surface area contributed by atoms with Crippen LogP contribution < -0.4 is 4.90 Å². The highest BCUT2D eigenvalue weighted by atomic mass is 35.5. The molecule has 124 valence electrons. The summed E-state index contributed by atoms with van der Waals surface area (Å²) in [4.78, 5) is 1.91. The molecule has 1 aromatic carbocycles. The summed E-state index contributed by atoms with van der Waals surface area (Å²) in [5.41, 5.74) is 0.815. The average Bonchev–Trinajstić information content (AvgIpc) is 3.00. The lowest BCUT2D eigenvalue weighted by Gasteiger charge is -2.27. The minimum atomic E-state index is -0.445. The van der Waals surface area contributed by atoms with Gasteiger partial charge in [-0.15, -0.1) is 0 Å². The Morgan fingerprint density at radius 3 is 3.04 bits per heavy atom. The Kier molecular flexibility index (Phi) is 5.04. The molecule has 9 heteroatoms. The van der Waals surface area contributed by atoms with E-state index in [0.717, 1.165) is 5.56 Å². The second kappa shape index (κ2) is 7.20. The maximum atomic E-state index is 13.2. The van der Waals surface area contributed by atoms with Crippen molar-refractivity contribution >= 4 is 17.5 Å². The van der Waals surface area contributed by atoms with Gasteiger partial charge in [0.2, 0.25) is 5.95 Å². The summed E-state index contributed by atoms with van der Waals surface area (Å²) in [6.45, 7) is 2.79. The molecule has 3 rings (SSSR count). The van der Waals surface area contributed by atoms with Crippen LogP contribution in [0.4, 0.5) is 10.3 Å². The number of hydrogen-bond donors (Lipinski definition) is 0. The molecule has 0 bridgehead atoms. The van der Waals surface area contributed by atoms with Gasteiger partial charge in [0.1, 0.15) is 5.82 Å². The third kappa shape index (κ3) is 3.95. The topological polar surface area (TPSA) is 65.3 Å². The van der Waals surface area contributed by atoms with Crippen molar-refractivity contribution in [1.29, 1.82) is 0 Å². The second-order valence-electron chi connectivity index (χ2n) is 5.33. The molecule has 1 fully saturated rings. The molecule has 0 radical (unpaired) electrons. The van der Waals surface area contributed by atoms with Crippen molar-refractivity contribution < 1.29 is 13.9 Å². The summed E-state index contributed by atoms with van der Waals surface area (Å²) in [6.07, 6.45) is -0.0147. The van der Waals surface area contributed by atoms with Crippen LogP contribution in [-0.2, 0) is 16.0 Å². The van der Waals surface area contributed by atoms with E-state index in [2.05, 4.69) is 15.5 Å². The van der Waals surface area contributed by atoms with Gasteiger partial charge in [0, 0.05) is 13.6 Å². The molecule has 2 aromatic rings. The highest BCUT2D eigenvalue weighted by Crippen LogP contribution is 2.18. The zero-order valence-electron chi connectivity index (χ0n) is 12.7. The van der Waals surface area contributed by atoms with Crippen LogP contribution in [0.5, 0.6) is 0 Å². The molecule has 0 spiro atoms. The van der Waals surface area contributed by atoms with Gasteiger partial charge < -0.3 is 14.4 Å². The van der Waals surface area contributed by atoms with Gasteiger partial charge in [-0.1, -0.05) is 22.8 Å². The van der Waals surface area contributed by atoms with Gasteiger partial charge in [0.25, 0.3) is 0 Å². The number of ether oxygens (including phenoxy) is 2. The van der Waals surface area contributed by atoms with Crippen LogP contribution in [0, 0.1) is 5.82 Å². The number of hydrogen-bond acceptors (Lipinski definition) is 6. The Hall–Kier alpha value is -1.77. The Morgan fingerprint density at radius 1 is 1.43 bits per heavy atom. The van der Waals surface area contributed by atoms with E-state index >= 15 is 0 Å². The van der Waals surface area contributed by atoms with Crippen molar-refractivity contribution in [3.8, 4) is 0 Å². The number of halogens is 2. The first-order chi connectivity index (χ1) is 11.1. The number of benzene rings is 1. The fourth-order valence-corrected chi connectivity index (χ4v) is 2.62. The molecule has 1 aliphatic heterocycles. The van der Waals surface area contributed by atoms with E-state index in [9.17, 15) is 4.39 Å². The number of anilines is 1. The lowest BCUT2D eigenvalue weighted by Crippen LogP contribution is -2.39. The van der Waals surface area contributed by atoms with Crippen molar-refractivity contribution in [2.75, 3.05) is 38.3 Å². The molecule has 0 saturated carbocycles. The fourth-order valence-electron chi connectivity index (χ4n) is 2.42. The van der Waals surface area contributed by atoms with E-state index in [0.29, 0.717) is 38.9 Å². The molecule has 23 heavy (non-hydrogen) atoms. The van der Waals surface area contributed by atoms with Crippen LogP contribution in [0.25, 0.3) is 0 Å². The molecular formula is C14H17ClFN5O2. The van der Waals surface area contributed by atoms with Crippen LogP contribution in [0.15, 0.2) is 18.2 Å². The maximum absolute atomic E-state index is 13.2. The summed E-state index contributed by atoms with van der Waals surface area (Å²) in [5.74, 6) is 0.151. The van der Waals surface area contributed by atoms with E-state index in [4.69, 9.17) is 21.1 Å². The summed E-state index contributed by atoms with van der Waals surface area (Å²) >= 11 is 5.81. The first-order valence-corrected chi connectivity index (χ1v) is 7.62. The molecule has 1 saturated heterocycles. The van der Waals surface area contributed by atoms with Gasteiger partial charge in [0.15, 0.2) is 0 Å². The van der Waals surface area contributed by atoms with Crippen molar-refractivity contribution in [1.82, 2.24) is 20.2 Å². The molecule has 1 atom stereocenters. The van der Waals surface area contributed by atoms with E-state index < -0.39 is 5.82 Å². The van der Waals surface area contributed by atoms with Gasteiger partial charge >= 0.3 is 0 Å². The van der Waals surface area contributed by atoms with Crippen LogP contribution in [0.2, 0.25) is 5.02 Å². The standard InChI is InChI=1S/C14H17ClFN5O2/c1-20(8-11-9-22-4-5-23-11)14-17-18-19-21(14)7-10-2-3-13(16)12(15)6-10/h2-3,6,11H,4-5,7-9H2,1H3. The predicted molar refractivity (Wildman–Crippen MR) is 82.2 cm³/mol. The molecule has 1 aliphatic rings. The molecule has 7 nitrogen and oxygen atoms in total. The van der Waals surface area contributed by atoms with Crippen LogP contribution in [0.1, 0.15) is 5.56 Å². The number of nitrogens with zero attached hydrogens (tertiary/aromatic N) is 5. The van der Waals surface area contributed by atoms with E-state index in [1.54, 1.807) is 16.8 Å². The second-order valence-corrected chi connectivity index (χ2v) is 5.74. The quantitative estimate of drug-likeness (QED) is 0.818. The summed E-state index contributed by atoms with van der Waals surface area (Å²) in [7, 11) is 1.89. The number of tetrazole rings is 1. The van der Waals surface area contributed by atoms with Crippen molar-refractivity contribution in [2.45, 2.75) is 12.6 Å². The SMILES string of the molecule is CN(CC1COCCO1)c1nnnn1Cc1ccc(F)c(Cl)c1. The third-order valence-corrected chi connectivity index (χ3v) is 3.82. The Bertz CT molecular complexity index is 662. The van der Waals surface area contributed by atoms with Crippen molar-refractivity contribution in [2.24, 2.45) is 0 Å². The Labute approximate surface area is 137 Å². The van der Waals surface area contributed by atoms with Gasteiger partial charge in [0.05, 0.1) is 37.5 Å². The highest BCUT2D eigenvalue weighted by molar-refractivity contribution is 6.30. The minimum Gasteiger partial charge on any atom is -0.376 e. The van der Waals surface area contributed by atoms with E-state index in [1.807, 2.05) is 11.9 Å². The highest BCUT2D eigenvalue weighted by Gasteiger charge is 2.20. The van der Waals surface area contributed by atoms with Crippen LogP contribution in [-0.4, -0.2) is 59.7 Å². The monoisotopic (exact) mass is 341 g/mol. The summed E-state index contributed by atoms with van der Waals surface area (Å²) in [6, 6.07) is 4.56. The van der Waals surface area contributed by atoms with Crippen molar-refractivity contribution in [3.05, 3.63) is 34.6 Å². The first-order valence-electron chi connectivity index (χ1n) is 7.24. The number of aromatic nitrogens is 4. The van der Waals surface area contributed by atoms with Crippen LogP contribution >= 0.6 is 11.6 Å². The predicted octanol–water partition coefficient (Wildman–Crippen LogP) is 1.37. The van der Waals surface area contributed by atoms with Crippen LogP contribution in [0.3, 0.4) is 0 Å². The van der Waals surface area contributed by atoms with Gasteiger partial charge in [-0.3, -0.25) is 0 Å². The van der Waals surface area contributed by atoms with Gasteiger partial charge in [-0.25, -0.2) is 9.07 Å². The lowest BCUT2D eigenvalue weighted by atomic mass is 10.2. The Balaban J connectivity index is 1.69. The lowest BCUT2D eigenvalue weighted by molar-refractivity contribution is -0.0838. The molecular weight excluding hydrogens is 325 g/mol. The average molecular weight is 342 g/mol. The smallest absolute Gasteiger partial charge is 0.245 e. The summed E-state index contributed by atoms with van der Waals surface area (Å²) < 4.78 is 25.9. The normalized spacial score (nSPS) is 18.1. The molecule has 1 aromatic heterocycles. The van der Waals surface area contributed by atoms with Gasteiger partial charge in [-0.05, 0) is 28.1 Å². The number of rotatable bonds is 5. The minimum absolute atomic E-state index is 0.0147. The molecule has 0 amide bonds. The van der Waals surface area contributed by atoms with E-state index in [-0.39, 0.29) is 11.1 Å². The molecule has 1 unspecified atom stereocenters.